The molecule has 0 atom stereocenters. The Hall–Kier alpha value is -2.04. The molecule has 0 aromatic carbocycles. The first kappa shape index (κ1) is 17.0. The van der Waals surface area contributed by atoms with Crippen LogP contribution in [0.1, 0.15) is 22.5 Å². The van der Waals surface area contributed by atoms with Gasteiger partial charge in [0.1, 0.15) is 5.69 Å². The summed E-state index contributed by atoms with van der Waals surface area (Å²) in [7, 11) is 0. The Balaban J connectivity index is 3.02. The van der Waals surface area contributed by atoms with Crippen LogP contribution in [0, 0.1) is 11.8 Å². The van der Waals surface area contributed by atoms with E-state index in [1.165, 1.54) is 6.20 Å². The molecule has 0 saturated heterocycles. The number of pyridine rings is 1. The van der Waals surface area contributed by atoms with Crippen LogP contribution in [0.3, 0.4) is 0 Å². The summed E-state index contributed by atoms with van der Waals surface area (Å²) in [4.78, 5) is 16.9. The Morgan fingerprint density at radius 2 is 2.14 bits per heavy atom. The Kier molecular flexibility index (Phi) is 7.29. The van der Waals surface area contributed by atoms with Crippen LogP contribution in [0.4, 0.5) is 8.78 Å². The van der Waals surface area contributed by atoms with E-state index in [9.17, 15) is 13.6 Å². The summed E-state index contributed by atoms with van der Waals surface area (Å²) in [6.07, 6.45) is -1.10. The molecule has 0 unspecified atom stereocenters. The van der Waals surface area contributed by atoms with Crippen LogP contribution in [-0.2, 0) is 0 Å². The summed E-state index contributed by atoms with van der Waals surface area (Å²) in [6, 6.07) is 3.12. The Morgan fingerprint density at radius 1 is 1.38 bits per heavy atom. The lowest BCUT2D eigenvalue weighted by Gasteiger charge is -2.21. The third-order valence-electron chi connectivity index (χ3n) is 2.49. The van der Waals surface area contributed by atoms with E-state index in [1.54, 1.807) is 12.1 Å². The molecule has 0 aliphatic carbocycles. The number of hydrogen-bond donors (Lipinski definition) is 2. The molecule has 7 heteroatoms. The lowest BCUT2D eigenvalue weighted by Crippen LogP contribution is -2.38. The minimum absolute atomic E-state index is 0.0444. The topological polar surface area (TPSA) is 73.7 Å². The third-order valence-corrected chi connectivity index (χ3v) is 2.49. The molecular formula is C14H16F2N2O3. The first-order valence-electron chi connectivity index (χ1n) is 6.33. The number of aliphatic hydroxyl groups is 2. The molecule has 0 spiro atoms. The third kappa shape index (κ3) is 5.45. The van der Waals surface area contributed by atoms with Crippen molar-refractivity contribution in [1.82, 2.24) is 9.88 Å². The van der Waals surface area contributed by atoms with Gasteiger partial charge in [-0.05, 0) is 12.1 Å². The smallest absolute Gasteiger partial charge is 0.274 e. The first-order valence-corrected chi connectivity index (χ1v) is 6.33. The van der Waals surface area contributed by atoms with Gasteiger partial charge in [0.05, 0.1) is 25.3 Å². The van der Waals surface area contributed by atoms with E-state index < -0.39 is 25.5 Å². The molecule has 0 bridgehead atoms. The average molecular weight is 298 g/mol. The summed E-state index contributed by atoms with van der Waals surface area (Å²) in [6.45, 7) is -1.52. The molecule has 0 radical (unpaired) electrons. The Bertz CT molecular complexity index is 526. The summed E-state index contributed by atoms with van der Waals surface area (Å²) < 4.78 is 25.0. The maximum Gasteiger partial charge on any atom is 0.274 e. The van der Waals surface area contributed by atoms with E-state index in [-0.39, 0.29) is 25.3 Å². The molecule has 21 heavy (non-hydrogen) atoms. The zero-order valence-electron chi connectivity index (χ0n) is 11.3. The highest BCUT2D eigenvalue weighted by molar-refractivity contribution is 5.94. The fraction of sp³-hybridized carbons (Fsp3) is 0.429. The number of halogens is 2. The van der Waals surface area contributed by atoms with Gasteiger partial charge in [-0.25, -0.2) is 13.8 Å². The van der Waals surface area contributed by atoms with E-state index in [4.69, 9.17) is 10.2 Å². The van der Waals surface area contributed by atoms with Crippen molar-refractivity contribution in [2.75, 3.05) is 26.3 Å². The number of rotatable bonds is 6. The van der Waals surface area contributed by atoms with Crippen LogP contribution >= 0.6 is 0 Å². The summed E-state index contributed by atoms with van der Waals surface area (Å²) in [5.41, 5.74) is 0.255. The summed E-state index contributed by atoms with van der Waals surface area (Å²) >= 11 is 0. The van der Waals surface area contributed by atoms with Crippen molar-refractivity contribution in [3.05, 3.63) is 29.6 Å². The monoisotopic (exact) mass is 298 g/mol. The van der Waals surface area contributed by atoms with E-state index in [2.05, 4.69) is 16.8 Å². The second-order valence-corrected chi connectivity index (χ2v) is 4.04. The van der Waals surface area contributed by atoms with E-state index in [0.717, 1.165) is 4.90 Å². The SMILES string of the molecule is O=C(c1ncccc1C#CCCO)N(CCO)CC(F)F. The lowest BCUT2D eigenvalue weighted by atomic mass is 10.1. The second-order valence-electron chi connectivity index (χ2n) is 4.04. The van der Waals surface area contributed by atoms with Gasteiger partial charge in [-0.3, -0.25) is 4.79 Å². The fourth-order valence-corrected chi connectivity index (χ4v) is 1.60. The van der Waals surface area contributed by atoms with Crippen LogP contribution < -0.4 is 0 Å². The van der Waals surface area contributed by atoms with Crippen molar-refractivity contribution >= 4 is 5.91 Å². The van der Waals surface area contributed by atoms with E-state index in [0.29, 0.717) is 5.56 Å². The van der Waals surface area contributed by atoms with Crippen LogP contribution in [0.25, 0.3) is 0 Å². The molecule has 1 heterocycles. The zero-order chi connectivity index (χ0) is 15.7. The fourth-order valence-electron chi connectivity index (χ4n) is 1.60. The van der Waals surface area contributed by atoms with Crippen LogP contribution in [0.2, 0.25) is 0 Å². The number of carbonyl (C=O) groups is 1. The van der Waals surface area contributed by atoms with Gasteiger partial charge >= 0.3 is 0 Å². The predicted octanol–water partition coefficient (Wildman–Crippen LogP) is 0.515. The quantitative estimate of drug-likeness (QED) is 0.751. The summed E-state index contributed by atoms with van der Waals surface area (Å²) in [5.74, 6) is 4.62. The molecule has 114 valence electrons. The number of nitrogens with zero attached hydrogens (tertiary/aromatic N) is 2. The molecule has 0 aliphatic heterocycles. The van der Waals surface area contributed by atoms with Crippen molar-refractivity contribution in [2.24, 2.45) is 0 Å². The van der Waals surface area contributed by atoms with Crippen molar-refractivity contribution in [3.63, 3.8) is 0 Å². The molecule has 5 nitrogen and oxygen atoms in total. The van der Waals surface area contributed by atoms with Gasteiger partial charge in [0.25, 0.3) is 12.3 Å². The molecule has 0 saturated carbocycles. The average Bonchev–Trinajstić information content (AvgIpc) is 2.46. The highest BCUT2D eigenvalue weighted by Gasteiger charge is 2.22. The first-order chi connectivity index (χ1) is 10.1. The second kappa shape index (κ2) is 9.00. The Morgan fingerprint density at radius 3 is 2.76 bits per heavy atom. The van der Waals surface area contributed by atoms with Crippen LogP contribution in [-0.4, -0.2) is 58.7 Å². The molecular weight excluding hydrogens is 282 g/mol. The number of aromatic nitrogens is 1. The van der Waals surface area contributed by atoms with Gasteiger partial charge < -0.3 is 15.1 Å². The molecule has 0 aliphatic rings. The number of aliphatic hydroxyl groups excluding tert-OH is 2. The van der Waals surface area contributed by atoms with Gasteiger partial charge in [0.15, 0.2) is 0 Å². The largest absolute Gasteiger partial charge is 0.395 e. The van der Waals surface area contributed by atoms with Crippen LogP contribution in [0.15, 0.2) is 18.3 Å². The Labute approximate surface area is 121 Å². The van der Waals surface area contributed by atoms with Crippen LogP contribution in [0.5, 0.6) is 0 Å². The normalized spacial score (nSPS) is 10.1. The highest BCUT2D eigenvalue weighted by Crippen LogP contribution is 2.09. The highest BCUT2D eigenvalue weighted by atomic mass is 19.3. The van der Waals surface area contributed by atoms with Gasteiger partial charge in [-0.2, -0.15) is 0 Å². The van der Waals surface area contributed by atoms with Crippen molar-refractivity contribution < 1.29 is 23.8 Å². The predicted molar refractivity (Wildman–Crippen MR) is 71.8 cm³/mol. The minimum Gasteiger partial charge on any atom is -0.395 e. The van der Waals surface area contributed by atoms with Crippen molar-refractivity contribution in [1.29, 1.82) is 0 Å². The van der Waals surface area contributed by atoms with Gasteiger partial charge in [-0.1, -0.05) is 11.8 Å². The minimum atomic E-state index is -2.70. The zero-order valence-corrected chi connectivity index (χ0v) is 11.3. The number of carbonyl (C=O) groups excluding carboxylic acids is 1. The maximum atomic E-state index is 12.5. The van der Waals surface area contributed by atoms with E-state index >= 15 is 0 Å². The molecule has 1 amide bonds. The summed E-state index contributed by atoms with van der Waals surface area (Å²) in [5, 5.41) is 17.5. The number of alkyl halides is 2. The molecule has 2 N–H and O–H groups in total. The number of hydrogen-bond acceptors (Lipinski definition) is 4. The van der Waals surface area contributed by atoms with E-state index in [1.807, 2.05) is 0 Å². The molecule has 1 rings (SSSR count). The standard InChI is InChI=1S/C14H16F2N2O3/c15-12(16)10-18(7-9-20)14(21)13-11(4-1-2-8-19)5-3-6-17-13/h3,5-6,12,19-20H,2,7-10H2. The van der Waals surface area contributed by atoms with Crippen molar-refractivity contribution in [2.45, 2.75) is 12.8 Å². The molecule has 1 aromatic rings. The lowest BCUT2D eigenvalue weighted by molar-refractivity contribution is 0.0504. The van der Waals surface area contributed by atoms with Gasteiger partial charge in [0, 0.05) is 19.2 Å². The van der Waals surface area contributed by atoms with Crippen molar-refractivity contribution in [3.8, 4) is 11.8 Å². The molecule has 1 aromatic heterocycles. The maximum absolute atomic E-state index is 12.5. The van der Waals surface area contributed by atoms with Gasteiger partial charge in [-0.15, -0.1) is 0 Å². The molecule has 0 fully saturated rings. The number of amides is 1. The van der Waals surface area contributed by atoms with Gasteiger partial charge in [0.2, 0.25) is 0 Å².